The van der Waals surface area contributed by atoms with Crippen molar-refractivity contribution in [1.29, 1.82) is 0 Å². The van der Waals surface area contributed by atoms with Crippen molar-refractivity contribution in [2.24, 2.45) is 0 Å². The zero-order chi connectivity index (χ0) is 19.1. The number of nitrogens with zero attached hydrogens (tertiary/aromatic N) is 1. The minimum Gasteiger partial charge on any atom is -0.314 e. The summed E-state index contributed by atoms with van der Waals surface area (Å²) in [5.41, 5.74) is 1.25. The Labute approximate surface area is 160 Å². The fraction of sp³-hybridized carbons (Fsp3) is 0.368. The van der Waals surface area contributed by atoms with Crippen LogP contribution in [0.5, 0.6) is 0 Å². The van der Waals surface area contributed by atoms with Crippen LogP contribution in [0.3, 0.4) is 0 Å². The molecule has 27 heavy (non-hydrogen) atoms. The largest absolute Gasteiger partial charge is 0.314 e. The molecule has 0 bridgehead atoms. The molecule has 2 aromatic rings. The van der Waals surface area contributed by atoms with Crippen molar-refractivity contribution in [1.82, 2.24) is 10.2 Å². The van der Waals surface area contributed by atoms with Crippen molar-refractivity contribution >= 4 is 19.7 Å². The first-order valence-electron chi connectivity index (χ1n) is 8.96. The SMILES string of the molecule is O=S1(=O)CC(S(=O)(=O)c2ccccc2)c2c(CN3CCNCC3)cccc21. The number of rotatable bonds is 4. The zero-order valence-corrected chi connectivity index (χ0v) is 16.5. The molecule has 1 unspecified atom stereocenters. The molecule has 8 heteroatoms. The quantitative estimate of drug-likeness (QED) is 0.826. The molecule has 1 N–H and O–H groups in total. The number of nitrogens with one attached hydrogen (secondary N) is 1. The van der Waals surface area contributed by atoms with E-state index in [-0.39, 0.29) is 9.79 Å². The predicted molar refractivity (Wildman–Crippen MR) is 103 cm³/mol. The van der Waals surface area contributed by atoms with Crippen molar-refractivity contribution in [2.45, 2.75) is 21.6 Å². The molecule has 1 atom stereocenters. The van der Waals surface area contributed by atoms with E-state index < -0.39 is 30.7 Å². The summed E-state index contributed by atoms with van der Waals surface area (Å²) >= 11 is 0. The Bertz CT molecular complexity index is 1040. The minimum atomic E-state index is -3.80. The van der Waals surface area contributed by atoms with E-state index >= 15 is 0 Å². The lowest BCUT2D eigenvalue weighted by Gasteiger charge is -2.28. The molecular formula is C19H22N2O4S2. The van der Waals surface area contributed by atoms with Crippen LogP contribution in [-0.4, -0.2) is 53.7 Å². The van der Waals surface area contributed by atoms with Gasteiger partial charge in [0.05, 0.1) is 15.5 Å². The zero-order valence-electron chi connectivity index (χ0n) is 14.8. The fourth-order valence-electron chi connectivity index (χ4n) is 3.87. The Morgan fingerprint density at radius 2 is 1.70 bits per heavy atom. The van der Waals surface area contributed by atoms with Gasteiger partial charge in [0.1, 0.15) is 5.25 Å². The number of sulfone groups is 2. The molecule has 2 aliphatic heterocycles. The molecule has 0 aliphatic carbocycles. The van der Waals surface area contributed by atoms with Crippen LogP contribution in [0.2, 0.25) is 0 Å². The summed E-state index contributed by atoms with van der Waals surface area (Å²) in [5.74, 6) is -0.391. The molecule has 4 rings (SSSR count). The monoisotopic (exact) mass is 406 g/mol. The van der Waals surface area contributed by atoms with Crippen LogP contribution < -0.4 is 5.32 Å². The first-order chi connectivity index (χ1) is 12.9. The summed E-state index contributed by atoms with van der Waals surface area (Å²) in [6, 6.07) is 13.2. The van der Waals surface area contributed by atoms with E-state index in [0.29, 0.717) is 12.1 Å². The third-order valence-corrected chi connectivity index (χ3v) is 9.32. The fourth-order valence-corrected chi connectivity index (χ4v) is 8.29. The van der Waals surface area contributed by atoms with Gasteiger partial charge in [-0.25, -0.2) is 16.8 Å². The van der Waals surface area contributed by atoms with Crippen LogP contribution in [0.25, 0.3) is 0 Å². The summed E-state index contributed by atoms with van der Waals surface area (Å²) in [7, 11) is -7.42. The third-order valence-electron chi connectivity index (χ3n) is 5.23. The van der Waals surface area contributed by atoms with Gasteiger partial charge in [0, 0.05) is 32.7 Å². The molecule has 0 spiro atoms. The lowest BCUT2D eigenvalue weighted by molar-refractivity contribution is 0.232. The smallest absolute Gasteiger partial charge is 0.186 e. The normalized spacial score (nSPS) is 22.4. The maximum absolute atomic E-state index is 13.2. The molecule has 2 aliphatic rings. The van der Waals surface area contributed by atoms with E-state index in [1.807, 2.05) is 6.07 Å². The van der Waals surface area contributed by atoms with Crippen LogP contribution in [0.1, 0.15) is 16.4 Å². The highest BCUT2D eigenvalue weighted by molar-refractivity contribution is 7.96. The molecular weight excluding hydrogens is 384 g/mol. The first-order valence-corrected chi connectivity index (χ1v) is 12.2. The van der Waals surface area contributed by atoms with Crippen molar-refractivity contribution < 1.29 is 16.8 Å². The summed E-state index contributed by atoms with van der Waals surface area (Å²) < 4.78 is 51.9. The van der Waals surface area contributed by atoms with Gasteiger partial charge < -0.3 is 5.32 Å². The van der Waals surface area contributed by atoms with Gasteiger partial charge in [-0.1, -0.05) is 30.3 Å². The van der Waals surface area contributed by atoms with Gasteiger partial charge in [0.15, 0.2) is 19.7 Å². The Balaban J connectivity index is 1.80. The molecule has 0 saturated carbocycles. The molecule has 0 radical (unpaired) electrons. The van der Waals surface area contributed by atoms with E-state index in [4.69, 9.17) is 0 Å². The Hall–Kier alpha value is -1.74. The number of benzene rings is 2. The predicted octanol–water partition coefficient (Wildman–Crippen LogP) is 1.39. The first kappa shape index (κ1) is 18.6. The number of hydrogen-bond acceptors (Lipinski definition) is 6. The van der Waals surface area contributed by atoms with Crippen LogP contribution in [0.4, 0.5) is 0 Å². The topological polar surface area (TPSA) is 83.5 Å². The third kappa shape index (κ3) is 3.42. The van der Waals surface area contributed by atoms with Gasteiger partial charge >= 0.3 is 0 Å². The average Bonchev–Trinajstić information content (AvgIpc) is 2.96. The summed E-state index contributed by atoms with van der Waals surface area (Å²) in [6.45, 7) is 4.01. The summed E-state index contributed by atoms with van der Waals surface area (Å²) in [4.78, 5) is 2.55. The van der Waals surface area contributed by atoms with Crippen LogP contribution in [0.15, 0.2) is 58.3 Å². The molecule has 144 valence electrons. The second-order valence-corrected chi connectivity index (χ2v) is 11.1. The van der Waals surface area contributed by atoms with E-state index in [1.165, 1.54) is 18.2 Å². The highest BCUT2D eigenvalue weighted by atomic mass is 32.2. The molecule has 6 nitrogen and oxygen atoms in total. The van der Waals surface area contributed by atoms with E-state index in [2.05, 4.69) is 10.2 Å². The second-order valence-electron chi connectivity index (χ2n) is 6.98. The Morgan fingerprint density at radius 1 is 1.00 bits per heavy atom. The van der Waals surface area contributed by atoms with Crippen LogP contribution in [-0.2, 0) is 26.2 Å². The van der Waals surface area contributed by atoms with Crippen molar-refractivity contribution in [3.63, 3.8) is 0 Å². The van der Waals surface area contributed by atoms with Gasteiger partial charge in [0.2, 0.25) is 0 Å². The van der Waals surface area contributed by atoms with E-state index in [9.17, 15) is 16.8 Å². The van der Waals surface area contributed by atoms with E-state index in [0.717, 1.165) is 31.7 Å². The maximum atomic E-state index is 13.2. The van der Waals surface area contributed by atoms with Crippen molar-refractivity contribution in [2.75, 3.05) is 31.9 Å². The van der Waals surface area contributed by atoms with Crippen molar-refractivity contribution in [3.8, 4) is 0 Å². The highest BCUT2D eigenvalue weighted by Gasteiger charge is 2.44. The van der Waals surface area contributed by atoms with Crippen LogP contribution >= 0.6 is 0 Å². The Kier molecular flexibility index (Phi) is 4.84. The standard InChI is InChI=1S/C19H22N2O4S2/c22-26(23)14-18(27(24,25)16-6-2-1-3-7-16)19-15(5-4-8-17(19)26)13-21-11-9-20-10-12-21/h1-8,18,20H,9-14H2. The van der Waals surface area contributed by atoms with Crippen LogP contribution in [0, 0.1) is 0 Å². The maximum Gasteiger partial charge on any atom is 0.186 e. The lowest BCUT2D eigenvalue weighted by Crippen LogP contribution is -2.43. The van der Waals surface area contributed by atoms with Gasteiger partial charge in [-0.15, -0.1) is 0 Å². The van der Waals surface area contributed by atoms with Gasteiger partial charge in [0.25, 0.3) is 0 Å². The molecule has 1 fully saturated rings. The molecule has 0 amide bonds. The van der Waals surface area contributed by atoms with Gasteiger partial charge in [-0.3, -0.25) is 4.90 Å². The van der Waals surface area contributed by atoms with Gasteiger partial charge in [-0.2, -0.15) is 0 Å². The molecule has 2 aromatic carbocycles. The number of hydrogen-bond donors (Lipinski definition) is 1. The summed E-state index contributed by atoms with van der Waals surface area (Å²) in [6.07, 6.45) is 0. The average molecular weight is 407 g/mol. The van der Waals surface area contributed by atoms with Gasteiger partial charge in [-0.05, 0) is 29.3 Å². The lowest BCUT2D eigenvalue weighted by atomic mass is 10.0. The Morgan fingerprint density at radius 3 is 2.41 bits per heavy atom. The molecule has 1 saturated heterocycles. The highest BCUT2D eigenvalue weighted by Crippen LogP contribution is 2.43. The van der Waals surface area contributed by atoms with Crippen molar-refractivity contribution in [3.05, 3.63) is 59.7 Å². The van der Waals surface area contributed by atoms with E-state index in [1.54, 1.807) is 24.3 Å². The number of fused-ring (bicyclic) bond motifs is 1. The molecule has 2 heterocycles. The minimum absolute atomic E-state index is 0.162. The summed E-state index contributed by atoms with van der Waals surface area (Å²) in [5, 5.41) is 2.23. The molecule has 0 aromatic heterocycles. The number of piperazine rings is 1. The second kappa shape index (κ2) is 7.01.